The molecule has 0 saturated heterocycles. The Bertz CT molecular complexity index is 729. The molecule has 1 aliphatic heterocycles. The lowest BCUT2D eigenvalue weighted by Gasteiger charge is -2.13. The molecule has 0 unspecified atom stereocenters. The molecule has 0 radical (unpaired) electrons. The van der Waals surface area contributed by atoms with Crippen LogP contribution in [-0.4, -0.2) is 41.4 Å². The normalized spacial score (nSPS) is 14.0. The van der Waals surface area contributed by atoms with Crippen molar-refractivity contribution in [1.82, 2.24) is 10.3 Å². The summed E-state index contributed by atoms with van der Waals surface area (Å²) in [6.07, 6.45) is 0.998. The smallest absolute Gasteiger partial charge is 0.353 e. The fourth-order valence-electron chi connectivity index (χ4n) is 2.21. The van der Waals surface area contributed by atoms with Crippen molar-refractivity contribution in [2.75, 3.05) is 20.2 Å². The van der Waals surface area contributed by atoms with Crippen molar-refractivity contribution in [3.8, 4) is 5.75 Å². The molecule has 1 aromatic heterocycles. The molecule has 0 spiro atoms. The summed E-state index contributed by atoms with van der Waals surface area (Å²) in [6, 6.07) is 5.46. The van der Waals surface area contributed by atoms with Gasteiger partial charge in [-0.2, -0.15) is 0 Å². The first-order valence-corrected chi connectivity index (χ1v) is 7.40. The van der Waals surface area contributed by atoms with Crippen molar-refractivity contribution in [3.63, 3.8) is 0 Å². The quantitative estimate of drug-likeness (QED) is 0.649. The topological polar surface area (TPSA) is 86.7 Å². The summed E-state index contributed by atoms with van der Waals surface area (Å²) >= 11 is 1.35. The third kappa shape index (κ3) is 3.32. The highest BCUT2D eigenvalue weighted by atomic mass is 127. The lowest BCUT2D eigenvalue weighted by Crippen LogP contribution is -2.26. The molecule has 2 heterocycles. The number of fused-ring (bicyclic) bond motifs is 1. The van der Waals surface area contributed by atoms with Crippen LogP contribution in [0, 0.1) is 0 Å². The number of benzene rings is 1. The Labute approximate surface area is 148 Å². The predicted molar refractivity (Wildman–Crippen MR) is 98.0 cm³/mol. The van der Waals surface area contributed by atoms with Gasteiger partial charge in [0, 0.05) is 24.0 Å². The lowest BCUT2D eigenvalue weighted by molar-refractivity contribution is 0.0688. The third-order valence-corrected chi connectivity index (χ3v) is 4.33. The van der Waals surface area contributed by atoms with Crippen molar-refractivity contribution >= 4 is 57.8 Å². The molecule has 0 saturated carbocycles. The fraction of sp³-hybridized carbons (Fsp3) is 0.286. The van der Waals surface area contributed by atoms with Crippen molar-refractivity contribution in [1.29, 1.82) is 0 Å². The molecule has 3 rings (SSSR count). The van der Waals surface area contributed by atoms with Crippen molar-refractivity contribution in [2.45, 2.75) is 11.3 Å². The van der Waals surface area contributed by atoms with Gasteiger partial charge in [-0.1, -0.05) is 0 Å². The van der Waals surface area contributed by atoms with E-state index >= 15 is 0 Å². The third-order valence-electron chi connectivity index (χ3n) is 3.24. The fourth-order valence-corrected chi connectivity index (χ4v) is 3.25. The summed E-state index contributed by atoms with van der Waals surface area (Å²) in [5.74, 6) is -0.289. The molecular weight excluding hydrogens is 417 g/mol. The van der Waals surface area contributed by atoms with Gasteiger partial charge in [-0.25, -0.2) is 4.79 Å². The molecule has 0 amide bonds. The highest BCUT2D eigenvalue weighted by molar-refractivity contribution is 14.0. The monoisotopic (exact) mass is 433 g/mol. The maximum absolute atomic E-state index is 11.5. The van der Waals surface area contributed by atoms with Gasteiger partial charge in [0.25, 0.3) is 0 Å². The van der Waals surface area contributed by atoms with Gasteiger partial charge in [0.1, 0.15) is 11.4 Å². The van der Waals surface area contributed by atoms with E-state index in [0.717, 1.165) is 35.6 Å². The molecule has 0 fully saturated rings. The number of carboxylic acids is 1. The number of ether oxygens (including phenoxy) is 1. The van der Waals surface area contributed by atoms with Gasteiger partial charge >= 0.3 is 5.97 Å². The number of aromatic carboxylic acids is 1. The number of amidine groups is 1. The number of halogens is 1. The number of H-pyrrole nitrogens is 1. The summed E-state index contributed by atoms with van der Waals surface area (Å²) in [6.45, 7) is 1.63. The van der Waals surface area contributed by atoms with E-state index in [4.69, 9.17) is 4.74 Å². The van der Waals surface area contributed by atoms with E-state index in [2.05, 4.69) is 15.3 Å². The summed E-state index contributed by atoms with van der Waals surface area (Å²) in [5, 5.41) is 14.2. The Morgan fingerprint density at radius 1 is 1.45 bits per heavy atom. The van der Waals surface area contributed by atoms with E-state index in [0.29, 0.717) is 10.6 Å². The largest absolute Gasteiger partial charge is 0.497 e. The summed E-state index contributed by atoms with van der Waals surface area (Å²) in [7, 11) is 1.59. The number of rotatable bonds is 3. The first-order valence-electron chi connectivity index (χ1n) is 6.58. The molecule has 0 bridgehead atoms. The van der Waals surface area contributed by atoms with E-state index < -0.39 is 5.97 Å². The number of hydrogen-bond donors (Lipinski definition) is 3. The number of aromatic nitrogens is 1. The van der Waals surface area contributed by atoms with E-state index in [-0.39, 0.29) is 29.7 Å². The average molecular weight is 433 g/mol. The first kappa shape index (κ1) is 16.9. The van der Waals surface area contributed by atoms with Crippen LogP contribution in [0.25, 0.3) is 10.9 Å². The number of aliphatic imine (C=N–C) groups is 1. The van der Waals surface area contributed by atoms with Gasteiger partial charge in [-0.05, 0) is 36.4 Å². The molecule has 1 aliphatic rings. The molecule has 3 N–H and O–H groups in total. The number of nitrogens with zero attached hydrogens (tertiary/aromatic N) is 1. The van der Waals surface area contributed by atoms with Gasteiger partial charge in [0.05, 0.1) is 12.0 Å². The van der Waals surface area contributed by atoms with Crippen LogP contribution in [0.3, 0.4) is 0 Å². The van der Waals surface area contributed by atoms with Crippen LogP contribution in [0.15, 0.2) is 28.1 Å². The molecule has 22 heavy (non-hydrogen) atoms. The van der Waals surface area contributed by atoms with E-state index in [1.807, 2.05) is 12.1 Å². The SMILES string of the molecule is COc1ccc2[nH]c(C(=O)O)c(SC3=NCCCN3)c2c1.I. The zero-order valence-corrected chi connectivity index (χ0v) is 15.0. The van der Waals surface area contributed by atoms with E-state index in [1.54, 1.807) is 13.2 Å². The summed E-state index contributed by atoms with van der Waals surface area (Å²) in [4.78, 5) is 19.4. The van der Waals surface area contributed by atoms with Crippen LogP contribution in [0.4, 0.5) is 0 Å². The maximum atomic E-state index is 11.5. The molecule has 8 heteroatoms. The van der Waals surface area contributed by atoms with Crippen molar-refractivity contribution in [2.24, 2.45) is 4.99 Å². The average Bonchev–Trinajstić information content (AvgIpc) is 2.86. The van der Waals surface area contributed by atoms with Gasteiger partial charge in [-0.15, -0.1) is 24.0 Å². The van der Waals surface area contributed by atoms with Crippen LogP contribution in [0.1, 0.15) is 16.9 Å². The highest BCUT2D eigenvalue weighted by Gasteiger charge is 2.20. The minimum Gasteiger partial charge on any atom is -0.497 e. The predicted octanol–water partition coefficient (Wildman–Crippen LogP) is 2.93. The zero-order chi connectivity index (χ0) is 14.8. The first-order chi connectivity index (χ1) is 10.2. The van der Waals surface area contributed by atoms with Crippen LogP contribution in [0.2, 0.25) is 0 Å². The van der Waals surface area contributed by atoms with Gasteiger partial charge in [0.15, 0.2) is 5.17 Å². The van der Waals surface area contributed by atoms with Crippen molar-refractivity contribution in [3.05, 3.63) is 23.9 Å². The summed E-state index contributed by atoms with van der Waals surface area (Å²) in [5.41, 5.74) is 0.949. The standard InChI is InChI=1S/C14H15N3O3S.HI/c1-20-8-3-4-10-9(7-8)12(11(17-10)13(18)19)21-14-15-5-2-6-16-14;/h3-4,7,17H,2,5-6H2,1H3,(H,15,16)(H,18,19);1H. The maximum Gasteiger partial charge on any atom is 0.353 e. The van der Waals surface area contributed by atoms with Gasteiger partial charge < -0.3 is 20.1 Å². The van der Waals surface area contributed by atoms with E-state index in [1.165, 1.54) is 11.8 Å². The molecule has 0 aliphatic carbocycles. The van der Waals surface area contributed by atoms with Gasteiger partial charge in [-0.3, -0.25) is 4.99 Å². The second-order valence-electron chi connectivity index (χ2n) is 4.62. The molecular formula is C14H16IN3O3S. The number of carbonyl (C=O) groups is 1. The summed E-state index contributed by atoms with van der Waals surface area (Å²) < 4.78 is 5.22. The van der Waals surface area contributed by atoms with Crippen LogP contribution in [-0.2, 0) is 0 Å². The molecule has 1 aromatic carbocycles. The number of thioether (sulfide) groups is 1. The minimum absolute atomic E-state index is 0. The molecule has 6 nitrogen and oxygen atoms in total. The Morgan fingerprint density at radius 2 is 2.27 bits per heavy atom. The second-order valence-corrected chi connectivity index (χ2v) is 5.61. The van der Waals surface area contributed by atoms with Crippen molar-refractivity contribution < 1.29 is 14.6 Å². The van der Waals surface area contributed by atoms with Gasteiger partial charge in [0.2, 0.25) is 0 Å². The van der Waals surface area contributed by atoms with Crippen LogP contribution in [0.5, 0.6) is 5.75 Å². The number of hydrogen-bond acceptors (Lipinski definition) is 5. The Hall–Kier alpha value is -1.42. The molecule has 118 valence electrons. The number of methoxy groups -OCH3 is 1. The van der Waals surface area contributed by atoms with Crippen LogP contribution >= 0.6 is 35.7 Å². The second kappa shape index (κ2) is 7.23. The molecule has 2 aromatic rings. The van der Waals surface area contributed by atoms with E-state index in [9.17, 15) is 9.90 Å². The minimum atomic E-state index is -0.982. The van der Waals surface area contributed by atoms with Crippen LogP contribution < -0.4 is 10.1 Å². The zero-order valence-electron chi connectivity index (χ0n) is 11.9. The molecule has 0 atom stereocenters. The highest BCUT2D eigenvalue weighted by Crippen LogP contribution is 2.34. The Kier molecular flexibility index (Phi) is 5.57. The lowest BCUT2D eigenvalue weighted by atomic mass is 10.2. The number of nitrogens with one attached hydrogen (secondary N) is 2. The Balaban J connectivity index is 0.00000176. The number of carboxylic acid groups (broad SMARTS) is 1. The number of aromatic amines is 1. The Morgan fingerprint density at radius 3 is 2.91 bits per heavy atom.